The summed E-state index contributed by atoms with van der Waals surface area (Å²) in [6.07, 6.45) is -1.02. The maximum Gasteiger partial charge on any atom is 0.408 e. The van der Waals surface area contributed by atoms with Crippen molar-refractivity contribution in [2.24, 2.45) is 0 Å². The Hall–Kier alpha value is -2.69. The van der Waals surface area contributed by atoms with E-state index >= 15 is 0 Å². The summed E-state index contributed by atoms with van der Waals surface area (Å²) in [6.45, 7) is 4.42. The highest BCUT2D eigenvalue weighted by molar-refractivity contribution is 5.87. The third-order valence-corrected chi connectivity index (χ3v) is 2.55. The van der Waals surface area contributed by atoms with Gasteiger partial charge in [0.2, 0.25) is 5.91 Å². The predicted molar refractivity (Wildman–Crippen MR) is 77.1 cm³/mol. The summed E-state index contributed by atoms with van der Waals surface area (Å²) < 4.78 is 32.8. The molecule has 8 heteroatoms. The van der Waals surface area contributed by atoms with E-state index in [-0.39, 0.29) is 6.54 Å². The number of rotatable bonds is 4. The fraction of sp³-hybridized carbons (Fsp3) is 0.400. The number of nitrogens with one attached hydrogen (secondary N) is 2. The molecule has 0 aliphatic heterocycles. The van der Waals surface area contributed by atoms with Gasteiger partial charge in [0.15, 0.2) is 0 Å². The van der Waals surface area contributed by atoms with Gasteiger partial charge in [-0.2, -0.15) is 5.26 Å². The first-order valence-electron chi connectivity index (χ1n) is 6.74. The molecule has 0 saturated heterocycles. The second kappa shape index (κ2) is 7.54. The predicted octanol–water partition coefficient (Wildman–Crippen LogP) is 2.17. The van der Waals surface area contributed by atoms with Crippen molar-refractivity contribution in [1.82, 2.24) is 10.6 Å². The summed E-state index contributed by atoms with van der Waals surface area (Å²) in [6, 6.07) is 3.04. The number of halogens is 2. The largest absolute Gasteiger partial charge is 0.444 e. The zero-order valence-corrected chi connectivity index (χ0v) is 12.9. The Kier molecular flexibility index (Phi) is 6.02. The highest BCUT2D eigenvalue weighted by atomic mass is 19.1. The van der Waals surface area contributed by atoms with Crippen LogP contribution >= 0.6 is 0 Å². The summed E-state index contributed by atoms with van der Waals surface area (Å²) in [4.78, 5) is 23.9. The van der Waals surface area contributed by atoms with Gasteiger partial charge in [-0.15, -0.1) is 0 Å². The number of hydrogen-bond acceptors (Lipinski definition) is 4. The van der Waals surface area contributed by atoms with Crippen molar-refractivity contribution in [1.29, 1.82) is 5.26 Å². The highest BCUT2D eigenvalue weighted by Crippen LogP contribution is 2.21. The van der Waals surface area contributed by atoms with Gasteiger partial charge < -0.3 is 15.4 Å². The van der Waals surface area contributed by atoms with Crippen molar-refractivity contribution < 1.29 is 23.1 Å². The lowest BCUT2D eigenvalue weighted by Gasteiger charge is -2.23. The number of nitrogens with zero attached hydrogens (tertiary/aromatic N) is 1. The molecule has 2 amide bonds. The summed E-state index contributed by atoms with van der Waals surface area (Å²) in [7, 11) is 0. The molecule has 2 N–H and O–H groups in total. The van der Waals surface area contributed by atoms with Crippen LogP contribution in [-0.4, -0.2) is 24.1 Å². The topological polar surface area (TPSA) is 91.2 Å². The average Bonchev–Trinajstić information content (AvgIpc) is 2.41. The standard InChI is InChI=1S/C15H17F2N3O3/c1-15(2,3)23-14(22)20-12(13(21)19-8-7-18)11-9(16)5-4-6-10(11)17/h4-6,12H,8H2,1-3H3,(H,19,21)(H,20,22). The number of carbonyl (C=O) groups is 2. The van der Waals surface area contributed by atoms with E-state index in [0.717, 1.165) is 18.2 Å². The van der Waals surface area contributed by atoms with E-state index in [0.29, 0.717) is 0 Å². The zero-order chi connectivity index (χ0) is 17.6. The van der Waals surface area contributed by atoms with E-state index in [1.54, 1.807) is 26.8 Å². The number of amides is 2. The van der Waals surface area contributed by atoms with Gasteiger partial charge in [-0.3, -0.25) is 4.79 Å². The monoisotopic (exact) mass is 325 g/mol. The fourth-order valence-corrected chi connectivity index (χ4v) is 1.71. The third kappa shape index (κ3) is 5.54. The fourth-order valence-electron chi connectivity index (χ4n) is 1.71. The molecular formula is C15H17F2N3O3. The van der Waals surface area contributed by atoms with Crippen LogP contribution in [0.15, 0.2) is 18.2 Å². The minimum absolute atomic E-state index is 0.374. The van der Waals surface area contributed by atoms with Crippen molar-refractivity contribution >= 4 is 12.0 Å². The average molecular weight is 325 g/mol. The molecule has 1 unspecified atom stereocenters. The van der Waals surface area contributed by atoms with Crippen LogP contribution in [0.5, 0.6) is 0 Å². The second-order valence-corrected chi connectivity index (χ2v) is 5.59. The van der Waals surface area contributed by atoms with E-state index < -0.39 is 40.8 Å². The highest BCUT2D eigenvalue weighted by Gasteiger charge is 2.30. The van der Waals surface area contributed by atoms with E-state index in [9.17, 15) is 18.4 Å². The van der Waals surface area contributed by atoms with Gasteiger partial charge in [-0.1, -0.05) is 6.07 Å². The minimum atomic E-state index is -1.67. The van der Waals surface area contributed by atoms with Crippen LogP contribution in [0.1, 0.15) is 32.4 Å². The number of carbonyl (C=O) groups excluding carboxylic acids is 2. The Labute approximate surface area is 132 Å². The minimum Gasteiger partial charge on any atom is -0.444 e. The van der Waals surface area contributed by atoms with E-state index in [4.69, 9.17) is 10.00 Å². The van der Waals surface area contributed by atoms with E-state index in [2.05, 4.69) is 10.6 Å². The van der Waals surface area contributed by atoms with Gasteiger partial charge in [0.05, 0.1) is 11.6 Å². The number of alkyl carbamates (subject to hydrolysis) is 1. The molecule has 23 heavy (non-hydrogen) atoms. The quantitative estimate of drug-likeness (QED) is 0.830. The summed E-state index contributed by atoms with van der Waals surface area (Å²) in [5, 5.41) is 12.8. The lowest BCUT2D eigenvalue weighted by molar-refractivity contribution is -0.123. The first kappa shape index (κ1) is 18.4. The lowest BCUT2D eigenvalue weighted by Crippen LogP contribution is -2.43. The van der Waals surface area contributed by atoms with Gasteiger partial charge in [0, 0.05) is 0 Å². The Morgan fingerprint density at radius 2 is 1.87 bits per heavy atom. The molecule has 0 saturated carbocycles. The Morgan fingerprint density at radius 3 is 2.35 bits per heavy atom. The van der Waals surface area contributed by atoms with Crippen LogP contribution in [0.3, 0.4) is 0 Å². The molecule has 124 valence electrons. The molecular weight excluding hydrogens is 308 g/mol. The number of benzene rings is 1. The Morgan fingerprint density at radius 1 is 1.30 bits per heavy atom. The van der Waals surface area contributed by atoms with Gasteiger partial charge in [-0.25, -0.2) is 13.6 Å². The number of nitriles is 1. The van der Waals surface area contributed by atoms with Crippen molar-refractivity contribution in [3.63, 3.8) is 0 Å². The van der Waals surface area contributed by atoms with Crippen molar-refractivity contribution in [2.45, 2.75) is 32.4 Å². The summed E-state index contributed by atoms with van der Waals surface area (Å²) >= 11 is 0. The summed E-state index contributed by atoms with van der Waals surface area (Å²) in [5.41, 5.74) is -1.49. The molecule has 0 fully saturated rings. The van der Waals surface area contributed by atoms with Crippen LogP contribution in [0.2, 0.25) is 0 Å². The lowest BCUT2D eigenvalue weighted by atomic mass is 10.0. The smallest absolute Gasteiger partial charge is 0.408 e. The van der Waals surface area contributed by atoms with Crippen molar-refractivity contribution in [2.75, 3.05) is 6.54 Å². The molecule has 0 heterocycles. The third-order valence-electron chi connectivity index (χ3n) is 2.55. The molecule has 1 aromatic carbocycles. The summed E-state index contributed by atoms with van der Waals surface area (Å²) in [5.74, 6) is -2.93. The molecule has 0 radical (unpaired) electrons. The van der Waals surface area contributed by atoms with E-state index in [1.807, 2.05) is 0 Å². The molecule has 1 aromatic rings. The van der Waals surface area contributed by atoms with Gasteiger partial charge in [-0.05, 0) is 32.9 Å². The molecule has 1 rings (SSSR count). The molecule has 0 aliphatic rings. The second-order valence-electron chi connectivity index (χ2n) is 5.59. The maximum absolute atomic E-state index is 13.9. The first-order valence-corrected chi connectivity index (χ1v) is 6.74. The number of ether oxygens (including phenoxy) is 1. The molecule has 6 nitrogen and oxygen atoms in total. The van der Waals surface area contributed by atoms with Gasteiger partial charge in [0.1, 0.15) is 29.8 Å². The van der Waals surface area contributed by atoms with Crippen molar-refractivity contribution in [3.8, 4) is 6.07 Å². The van der Waals surface area contributed by atoms with Crippen LogP contribution in [0, 0.1) is 23.0 Å². The normalized spacial score (nSPS) is 12.0. The molecule has 0 aromatic heterocycles. The zero-order valence-electron chi connectivity index (χ0n) is 12.9. The maximum atomic E-state index is 13.9. The molecule has 0 bridgehead atoms. The van der Waals surface area contributed by atoms with Crippen LogP contribution < -0.4 is 10.6 Å². The van der Waals surface area contributed by atoms with E-state index in [1.165, 1.54) is 0 Å². The van der Waals surface area contributed by atoms with Gasteiger partial charge >= 0.3 is 6.09 Å². The van der Waals surface area contributed by atoms with Gasteiger partial charge in [0.25, 0.3) is 0 Å². The molecule has 0 spiro atoms. The molecule has 1 atom stereocenters. The van der Waals surface area contributed by atoms with Crippen molar-refractivity contribution in [3.05, 3.63) is 35.4 Å². The first-order chi connectivity index (χ1) is 10.7. The number of hydrogen-bond donors (Lipinski definition) is 2. The SMILES string of the molecule is CC(C)(C)OC(=O)NC(C(=O)NCC#N)c1c(F)cccc1F. The van der Waals surface area contributed by atoms with Crippen LogP contribution in [0.25, 0.3) is 0 Å². The molecule has 0 aliphatic carbocycles. The Bertz CT molecular complexity index is 616. The van der Waals surface area contributed by atoms with Crippen LogP contribution in [0.4, 0.5) is 13.6 Å². The Balaban J connectivity index is 3.10. The van der Waals surface area contributed by atoms with Crippen LogP contribution in [-0.2, 0) is 9.53 Å².